The summed E-state index contributed by atoms with van der Waals surface area (Å²) in [6.45, 7) is 0. The van der Waals surface area contributed by atoms with Gasteiger partial charge in [-0.2, -0.15) is 4.99 Å². The van der Waals surface area contributed by atoms with Crippen molar-refractivity contribution in [3.8, 4) is 5.75 Å². The van der Waals surface area contributed by atoms with Gasteiger partial charge in [0.05, 0.1) is 17.8 Å². The van der Waals surface area contributed by atoms with Crippen LogP contribution >= 0.6 is 11.6 Å². The topological polar surface area (TPSA) is 72.8 Å². The van der Waals surface area contributed by atoms with Crippen LogP contribution in [0.3, 0.4) is 0 Å². The first kappa shape index (κ1) is 13.7. The molecule has 0 heterocycles. The molecule has 0 radical (unpaired) electrons. The highest BCUT2D eigenvalue weighted by Crippen LogP contribution is 2.30. The lowest BCUT2D eigenvalue weighted by Crippen LogP contribution is -2.07. The molecule has 17 heavy (non-hydrogen) atoms. The molecule has 0 N–H and O–H groups in total. The molecule has 0 saturated heterocycles. The Morgan fingerprint density at radius 2 is 2.18 bits per heavy atom. The second-order valence-electron chi connectivity index (χ2n) is 3.04. The van der Waals surface area contributed by atoms with Gasteiger partial charge in [0.25, 0.3) is 0 Å². The molecule has 5 nitrogen and oxygen atoms in total. The van der Waals surface area contributed by atoms with Gasteiger partial charge in [-0.1, -0.05) is 0 Å². The molecule has 0 fully saturated rings. The molecule has 0 aliphatic rings. The molecular weight excluding hydrogens is 266 g/mol. The van der Waals surface area contributed by atoms with Crippen LogP contribution in [0.4, 0.5) is 5.69 Å². The van der Waals surface area contributed by atoms with Gasteiger partial charge in [0.2, 0.25) is 6.08 Å². The van der Waals surface area contributed by atoms with Crippen molar-refractivity contribution in [3.63, 3.8) is 0 Å². The maximum Gasteiger partial charge on any atom is 0.240 e. The largest absolute Gasteiger partial charge is 0.494 e. The lowest BCUT2D eigenvalue weighted by Gasteiger charge is -2.06. The van der Waals surface area contributed by atoms with Gasteiger partial charge in [0, 0.05) is 5.88 Å². The Hall–Kier alpha value is -1.36. The molecule has 0 atom stereocenters. The van der Waals surface area contributed by atoms with Gasteiger partial charge < -0.3 is 4.74 Å². The first-order valence-electron chi connectivity index (χ1n) is 4.60. The molecule has 0 unspecified atom stereocenters. The minimum atomic E-state index is -3.45. The van der Waals surface area contributed by atoms with Crippen LogP contribution in [-0.4, -0.2) is 33.2 Å². The number of isocyanates is 1. The summed E-state index contributed by atoms with van der Waals surface area (Å²) in [7, 11) is -2.06. The Morgan fingerprint density at radius 1 is 1.47 bits per heavy atom. The number of ether oxygens (including phenoxy) is 1. The second-order valence-corrected chi connectivity index (χ2v) is 5.53. The second kappa shape index (κ2) is 5.82. The van der Waals surface area contributed by atoms with E-state index in [0.717, 1.165) is 0 Å². The Bertz CT molecular complexity index is 549. The van der Waals surface area contributed by atoms with E-state index in [-0.39, 0.29) is 22.2 Å². The van der Waals surface area contributed by atoms with E-state index in [9.17, 15) is 13.2 Å². The molecule has 7 heteroatoms. The molecule has 0 bridgehead atoms. The smallest absolute Gasteiger partial charge is 0.240 e. The highest BCUT2D eigenvalue weighted by atomic mass is 35.5. The van der Waals surface area contributed by atoms with Crippen LogP contribution in [0.25, 0.3) is 0 Å². The third kappa shape index (κ3) is 3.30. The fourth-order valence-corrected chi connectivity index (χ4v) is 2.83. The molecule has 92 valence electrons. The molecule has 0 amide bonds. The standard InChI is InChI=1S/C10H10ClNO4S/c1-16-10-3-2-8(6-9(10)12-7-13)17(14,15)5-4-11/h2-3,6H,4-5H2,1H3. The molecule has 0 spiro atoms. The lowest BCUT2D eigenvalue weighted by atomic mass is 10.3. The number of carbonyl (C=O) groups excluding carboxylic acids is 1. The summed E-state index contributed by atoms with van der Waals surface area (Å²) >= 11 is 5.41. The van der Waals surface area contributed by atoms with E-state index in [1.165, 1.54) is 31.4 Å². The summed E-state index contributed by atoms with van der Waals surface area (Å²) in [5.41, 5.74) is 0.123. The molecule has 1 rings (SSSR count). The van der Waals surface area contributed by atoms with Crippen LogP contribution in [0.2, 0.25) is 0 Å². The predicted molar refractivity (Wildman–Crippen MR) is 63.5 cm³/mol. The number of hydrogen-bond acceptors (Lipinski definition) is 5. The molecule has 1 aromatic rings. The van der Waals surface area contributed by atoms with Crippen LogP contribution in [0.1, 0.15) is 0 Å². The Morgan fingerprint density at radius 3 is 2.71 bits per heavy atom. The van der Waals surface area contributed by atoms with Crippen molar-refractivity contribution in [1.82, 2.24) is 0 Å². The van der Waals surface area contributed by atoms with Crippen molar-refractivity contribution in [3.05, 3.63) is 18.2 Å². The minimum Gasteiger partial charge on any atom is -0.494 e. The predicted octanol–water partition coefficient (Wildman–Crippen LogP) is 1.68. The number of hydrogen-bond donors (Lipinski definition) is 0. The van der Waals surface area contributed by atoms with E-state index >= 15 is 0 Å². The van der Waals surface area contributed by atoms with Gasteiger partial charge >= 0.3 is 0 Å². The quantitative estimate of drug-likeness (QED) is 0.465. The van der Waals surface area contributed by atoms with E-state index in [1.807, 2.05) is 0 Å². The van der Waals surface area contributed by atoms with Gasteiger partial charge in [0.1, 0.15) is 11.4 Å². The normalized spacial score (nSPS) is 10.7. The molecule has 0 saturated carbocycles. The van der Waals surface area contributed by atoms with E-state index in [4.69, 9.17) is 16.3 Å². The average Bonchev–Trinajstić information content (AvgIpc) is 2.29. The zero-order chi connectivity index (χ0) is 12.9. The summed E-state index contributed by atoms with van der Waals surface area (Å²) in [5, 5.41) is 0. The average molecular weight is 276 g/mol. The third-order valence-electron chi connectivity index (χ3n) is 2.02. The van der Waals surface area contributed by atoms with Crippen molar-refractivity contribution < 1.29 is 17.9 Å². The van der Waals surface area contributed by atoms with Crippen LogP contribution in [0, 0.1) is 0 Å². The van der Waals surface area contributed by atoms with Crippen molar-refractivity contribution in [1.29, 1.82) is 0 Å². The van der Waals surface area contributed by atoms with Gasteiger partial charge in [-0.15, -0.1) is 11.6 Å². The van der Waals surface area contributed by atoms with E-state index in [0.29, 0.717) is 5.75 Å². The number of aliphatic imine (C=N–C) groups is 1. The fraction of sp³-hybridized carbons (Fsp3) is 0.300. The zero-order valence-electron chi connectivity index (χ0n) is 9.01. The highest BCUT2D eigenvalue weighted by molar-refractivity contribution is 7.91. The van der Waals surface area contributed by atoms with Crippen molar-refractivity contribution in [2.24, 2.45) is 4.99 Å². The zero-order valence-corrected chi connectivity index (χ0v) is 10.6. The molecule has 0 aliphatic carbocycles. The number of nitrogens with zero attached hydrogens (tertiary/aromatic N) is 1. The summed E-state index contributed by atoms with van der Waals surface area (Å²) in [4.78, 5) is 13.6. The van der Waals surface area contributed by atoms with Crippen molar-refractivity contribution in [2.45, 2.75) is 4.90 Å². The van der Waals surface area contributed by atoms with Crippen LogP contribution in [0.5, 0.6) is 5.75 Å². The number of benzene rings is 1. The number of sulfone groups is 1. The first-order chi connectivity index (χ1) is 8.05. The molecule has 0 aliphatic heterocycles. The Balaban J connectivity index is 3.30. The van der Waals surface area contributed by atoms with Crippen molar-refractivity contribution in [2.75, 3.05) is 18.7 Å². The monoisotopic (exact) mass is 275 g/mol. The lowest BCUT2D eigenvalue weighted by molar-refractivity contribution is 0.415. The first-order valence-corrected chi connectivity index (χ1v) is 6.78. The molecular formula is C10H10ClNO4S. The summed E-state index contributed by atoms with van der Waals surface area (Å²) in [5.74, 6) is 0.129. The number of halogens is 1. The third-order valence-corrected chi connectivity index (χ3v) is 4.15. The van der Waals surface area contributed by atoms with Crippen LogP contribution in [-0.2, 0) is 14.6 Å². The molecule has 1 aromatic carbocycles. The number of alkyl halides is 1. The maximum atomic E-state index is 11.7. The van der Waals surface area contributed by atoms with Gasteiger partial charge in [-0.05, 0) is 18.2 Å². The number of rotatable bonds is 5. The highest BCUT2D eigenvalue weighted by Gasteiger charge is 2.15. The fourth-order valence-electron chi connectivity index (χ4n) is 1.22. The Kier molecular flexibility index (Phi) is 4.69. The van der Waals surface area contributed by atoms with E-state index in [2.05, 4.69) is 4.99 Å². The Labute approximate surface area is 104 Å². The minimum absolute atomic E-state index is 0.000639. The van der Waals surface area contributed by atoms with Gasteiger partial charge in [-0.25, -0.2) is 13.2 Å². The van der Waals surface area contributed by atoms with Crippen LogP contribution in [0.15, 0.2) is 28.1 Å². The molecule has 0 aromatic heterocycles. The summed E-state index contributed by atoms with van der Waals surface area (Å²) < 4.78 is 28.4. The van der Waals surface area contributed by atoms with Gasteiger partial charge in [0.15, 0.2) is 9.84 Å². The maximum absolute atomic E-state index is 11.7. The number of methoxy groups -OCH3 is 1. The summed E-state index contributed by atoms with van der Waals surface area (Å²) in [6.07, 6.45) is 1.34. The van der Waals surface area contributed by atoms with Crippen molar-refractivity contribution >= 4 is 33.2 Å². The van der Waals surface area contributed by atoms with Crippen LogP contribution < -0.4 is 4.74 Å². The van der Waals surface area contributed by atoms with E-state index < -0.39 is 9.84 Å². The summed E-state index contributed by atoms with van der Waals surface area (Å²) in [6, 6.07) is 4.06. The van der Waals surface area contributed by atoms with E-state index in [1.54, 1.807) is 0 Å². The SMILES string of the molecule is COc1ccc(S(=O)(=O)CCCl)cc1N=C=O. The van der Waals surface area contributed by atoms with Gasteiger partial charge in [-0.3, -0.25) is 0 Å².